The van der Waals surface area contributed by atoms with Crippen molar-refractivity contribution in [3.63, 3.8) is 0 Å². The molecular weight excluding hydrogens is 174 g/mol. The number of hydrogen-bond acceptors (Lipinski definition) is 2. The molecule has 1 atom stereocenters. The summed E-state index contributed by atoms with van der Waals surface area (Å²) in [6.07, 6.45) is 4.42. The van der Waals surface area contributed by atoms with Gasteiger partial charge in [0.15, 0.2) is 0 Å². The molecule has 3 nitrogen and oxygen atoms in total. The first-order valence-corrected chi connectivity index (χ1v) is 5.36. The standard InChI is InChI=1S/C11H21N3/c1-5-12-9(2)6-7-11-8-14(4)13-10(11)3/h8-9,12H,5-7H2,1-4H3. The topological polar surface area (TPSA) is 29.9 Å². The quantitative estimate of drug-likeness (QED) is 0.774. The molecule has 0 fully saturated rings. The van der Waals surface area contributed by atoms with Crippen LogP contribution in [0.5, 0.6) is 0 Å². The van der Waals surface area contributed by atoms with E-state index in [0.29, 0.717) is 6.04 Å². The molecule has 14 heavy (non-hydrogen) atoms. The van der Waals surface area contributed by atoms with Crippen molar-refractivity contribution >= 4 is 0 Å². The summed E-state index contributed by atoms with van der Waals surface area (Å²) in [5.74, 6) is 0. The van der Waals surface area contributed by atoms with Crippen molar-refractivity contribution in [3.05, 3.63) is 17.5 Å². The number of nitrogens with zero attached hydrogens (tertiary/aromatic N) is 2. The summed E-state index contributed by atoms with van der Waals surface area (Å²) < 4.78 is 1.89. The van der Waals surface area contributed by atoms with E-state index in [1.54, 1.807) is 0 Å². The Labute approximate surface area is 86.5 Å². The van der Waals surface area contributed by atoms with E-state index in [2.05, 4.69) is 37.4 Å². The zero-order valence-electron chi connectivity index (χ0n) is 9.67. The Morgan fingerprint density at radius 2 is 2.29 bits per heavy atom. The second-order valence-electron chi connectivity index (χ2n) is 3.91. The third-order valence-corrected chi connectivity index (χ3v) is 2.51. The van der Waals surface area contributed by atoms with Gasteiger partial charge in [-0.15, -0.1) is 0 Å². The smallest absolute Gasteiger partial charge is 0.0625 e. The molecule has 0 amide bonds. The summed E-state index contributed by atoms with van der Waals surface area (Å²) in [7, 11) is 1.98. The Balaban J connectivity index is 2.41. The molecule has 3 heteroatoms. The molecule has 1 unspecified atom stereocenters. The monoisotopic (exact) mass is 195 g/mol. The molecule has 0 saturated heterocycles. The van der Waals surface area contributed by atoms with E-state index in [1.807, 2.05) is 11.7 Å². The van der Waals surface area contributed by atoms with Gasteiger partial charge in [-0.3, -0.25) is 4.68 Å². The summed E-state index contributed by atoms with van der Waals surface area (Å²) >= 11 is 0. The Morgan fingerprint density at radius 3 is 2.79 bits per heavy atom. The van der Waals surface area contributed by atoms with Crippen molar-refractivity contribution in [1.29, 1.82) is 0 Å². The SMILES string of the molecule is CCNC(C)CCc1cn(C)nc1C. The minimum Gasteiger partial charge on any atom is -0.315 e. The van der Waals surface area contributed by atoms with Crippen LogP contribution < -0.4 is 5.32 Å². The summed E-state index contributed by atoms with van der Waals surface area (Å²) in [6.45, 7) is 7.50. The first-order chi connectivity index (χ1) is 6.63. The van der Waals surface area contributed by atoms with Crippen LogP contribution in [0.2, 0.25) is 0 Å². The van der Waals surface area contributed by atoms with Crippen molar-refractivity contribution in [1.82, 2.24) is 15.1 Å². The fourth-order valence-corrected chi connectivity index (χ4v) is 1.72. The number of nitrogens with one attached hydrogen (secondary N) is 1. The first-order valence-electron chi connectivity index (χ1n) is 5.36. The zero-order chi connectivity index (χ0) is 10.6. The third kappa shape index (κ3) is 3.14. The highest BCUT2D eigenvalue weighted by Gasteiger charge is 2.05. The van der Waals surface area contributed by atoms with Gasteiger partial charge in [-0.2, -0.15) is 5.10 Å². The van der Waals surface area contributed by atoms with Gasteiger partial charge < -0.3 is 5.32 Å². The molecule has 0 saturated carbocycles. The predicted octanol–water partition coefficient (Wildman–Crippen LogP) is 1.66. The van der Waals surface area contributed by atoms with E-state index in [1.165, 1.54) is 12.0 Å². The lowest BCUT2D eigenvalue weighted by Crippen LogP contribution is -2.25. The molecule has 1 heterocycles. The normalized spacial score (nSPS) is 13.1. The number of aryl methyl sites for hydroxylation is 3. The molecule has 0 aliphatic heterocycles. The number of aromatic nitrogens is 2. The molecule has 0 radical (unpaired) electrons. The summed E-state index contributed by atoms with van der Waals surface area (Å²) in [6, 6.07) is 0.597. The molecule has 1 aromatic heterocycles. The maximum atomic E-state index is 4.33. The molecular formula is C11H21N3. The molecule has 80 valence electrons. The molecule has 1 rings (SSSR count). The zero-order valence-corrected chi connectivity index (χ0v) is 9.67. The number of hydrogen-bond donors (Lipinski definition) is 1. The van der Waals surface area contributed by atoms with Crippen molar-refractivity contribution in [3.8, 4) is 0 Å². The molecule has 0 aromatic carbocycles. The molecule has 0 aliphatic carbocycles. The van der Waals surface area contributed by atoms with Crippen molar-refractivity contribution < 1.29 is 0 Å². The van der Waals surface area contributed by atoms with E-state index in [9.17, 15) is 0 Å². The number of rotatable bonds is 5. The van der Waals surface area contributed by atoms with Gasteiger partial charge in [-0.05, 0) is 38.8 Å². The highest BCUT2D eigenvalue weighted by Crippen LogP contribution is 2.08. The van der Waals surface area contributed by atoms with Crippen LogP contribution in [-0.2, 0) is 13.5 Å². The largest absolute Gasteiger partial charge is 0.315 e. The molecule has 0 aliphatic rings. The van der Waals surface area contributed by atoms with Crippen LogP contribution in [0.15, 0.2) is 6.20 Å². The lowest BCUT2D eigenvalue weighted by molar-refractivity contribution is 0.530. The van der Waals surface area contributed by atoms with E-state index < -0.39 is 0 Å². The highest BCUT2D eigenvalue weighted by molar-refractivity contribution is 5.15. The van der Waals surface area contributed by atoms with E-state index in [-0.39, 0.29) is 0 Å². The summed E-state index contributed by atoms with van der Waals surface area (Å²) in [4.78, 5) is 0. The van der Waals surface area contributed by atoms with Crippen molar-refractivity contribution in [2.75, 3.05) is 6.54 Å². The minimum atomic E-state index is 0.597. The fraction of sp³-hybridized carbons (Fsp3) is 0.727. The molecule has 1 aromatic rings. The maximum Gasteiger partial charge on any atom is 0.0625 e. The fourth-order valence-electron chi connectivity index (χ4n) is 1.72. The van der Waals surface area contributed by atoms with E-state index in [0.717, 1.165) is 18.7 Å². The Bertz CT molecular complexity index is 278. The second kappa shape index (κ2) is 5.15. The lowest BCUT2D eigenvalue weighted by atomic mass is 10.1. The molecule has 1 N–H and O–H groups in total. The Hall–Kier alpha value is -0.830. The average Bonchev–Trinajstić information content (AvgIpc) is 2.42. The van der Waals surface area contributed by atoms with E-state index in [4.69, 9.17) is 0 Å². The first kappa shape index (κ1) is 11.2. The lowest BCUT2D eigenvalue weighted by Gasteiger charge is -2.10. The van der Waals surface area contributed by atoms with Gasteiger partial charge in [0, 0.05) is 19.3 Å². The average molecular weight is 195 g/mol. The highest BCUT2D eigenvalue weighted by atomic mass is 15.2. The minimum absolute atomic E-state index is 0.597. The van der Waals surface area contributed by atoms with Gasteiger partial charge in [0.25, 0.3) is 0 Å². The van der Waals surface area contributed by atoms with Gasteiger partial charge in [0.1, 0.15) is 0 Å². The molecule has 0 spiro atoms. The summed E-state index contributed by atoms with van der Waals surface area (Å²) in [5.41, 5.74) is 2.54. The van der Waals surface area contributed by atoms with Crippen LogP contribution in [0.4, 0.5) is 0 Å². The van der Waals surface area contributed by atoms with E-state index >= 15 is 0 Å². The van der Waals surface area contributed by atoms with Crippen LogP contribution in [0, 0.1) is 6.92 Å². The van der Waals surface area contributed by atoms with Gasteiger partial charge in [0.2, 0.25) is 0 Å². The van der Waals surface area contributed by atoms with Gasteiger partial charge in [-0.25, -0.2) is 0 Å². The summed E-state index contributed by atoms with van der Waals surface area (Å²) in [5, 5.41) is 7.75. The predicted molar refractivity (Wildman–Crippen MR) is 59.4 cm³/mol. The van der Waals surface area contributed by atoms with Crippen LogP contribution in [0.1, 0.15) is 31.5 Å². The van der Waals surface area contributed by atoms with Crippen LogP contribution in [0.25, 0.3) is 0 Å². The van der Waals surface area contributed by atoms with Gasteiger partial charge in [0.05, 0.1) is 5.69 Å². The van der Waals surface area contributed by atoms with Crippen LogP contribution in [-0.4, -0.2) is 22.4 Å². The third-order valence-electron chi connectivity index (χ3n) is 2.51. The maximum absolute atomic E-state index is 4.33. The van der Waals surface area contributed by atoms with Crippen LogP contribution >= 0.6 is 0 Å². The van der Waals surface area contributed by atoms with Crippen LogP contribution in [0.3, 0.4) is 0 Å². The van der Waals surface area contributed by atoms with Crippen molar-refractivity contribution in [2.24, 2.45) is 7.05 Å². The molecule has 0 bridgehead atoms. The van der Waals surface area contributed by atoms with Gasteiger partial charge >= 0.3 is 0 Å². The van der Waals surface area contributed by atoms with Crippen molar-refractivity contribution in [2.45, 2.75) is 39.7 Å². The van der Waals surface area contributed by atoms with Gasteiger partial charge in [-0.1, -0.05) is 6.92 Å². The Morgan fingerprint density at radius 1 is 1.57 bits per heavy atom. The Kier molecular flexibility index (Phi) is 4.14. The second-order valence-corrected chi connectivity index (χ2v) is 3.91.